The average molecular weight is 409 g/mol. The molecule has 150 valence electrons. The Morgan fingerprint density at radius 3 is 2.21 bits per heavy atom. The first-order valence-electron chi connectivity index (χ1n) is 9.47. The zero-order valence-electron chi connectivity index (χ0n) is 16.9. The molecule has 0 spiro atoms. The summed E-state index contributed by atoms with van der Waals surface area (Å²) in [7, 11) is 0. The summed E-state index contributed by atoms with van der Waals surface area (Å²) >= 11 is 5.43. The van der Waals surface area contributed by atoms with Crippen LogP contribution in [0.5, 0.6) is 5.75 Å². The zero-order valence-corrected chi connectivity index (χ0v) is 17.7. The van der Waals surface area contributed by atoms with E-state index in [2.05, 4.69) is 43.0 Å². The Balaban J connectivity index is 1.67. The zero-order chi connectivity index (χ0) is 21.0. The van der Waals surface area contributed by atoms with Crippen molar-refractivity contribution in [1.82, 2.24) is 14.9 Å². The van der Waals surface area contributed by atoms with Crippen LogP contribution in [0.2, 0.25) is 0 Å². The van der Waals surface area contributed by atoms with E-state index in [1.54, 1.807) is 48.8 Å². The number of hydrogen-bond acceptors (Lipinski definition) is 5. The minimum atomic E-state index is -0.214. The van der Waals surface area contributed by atoms with Crippen LogP contribution >= 0.6 is 12.2 Å². The molecule has 3 aromatic rings. The van der Waals surface area contributed by atoms with Gasteiger partial charge in [-0.1, -0.05) is 0 Å². The molecule has 29 heavy (non-hydrogen) atoms. The van der Waals surface area contributed by atoms with Crippen molar-refractivity contribution in [3.8, 4) is 5.75 Å². The van der Waals surface area contributed by atoms with Crippen LogP contribution in [-0.4, -0.2) is 38.0 Å². The molecule has 1 N–H and O–H groups in total. The molecular formula is C22H24N4O2S. The van der Waals surface area contributed by atoms with Gasteiger partial charge in [0.15, 0.2) is 0 Å². The number of carbonyl (C=O) groups is 1. The third kappa shape index (κ3) is 5.06. The fourth-order valence-electron chi connectivity index (χ4n) is 3.09. The van der Waals surface area contributed by atoms with Crippen LogP contribution in [-0.2, 0) is 0 Å². The lowest BCUT2D eigenvalue weighted by Crippen LogP contribution is -2.43. The summed E-state index contributed by atoms with van der Waals surface area (Å²) in [6.07, 6.45) is 3.26. The maximum atomic E-state index is 12.5. The first-order valence-corrected chi connectivity index (χ1v) is 9.88. The second-order valence-electron chi connectivity index (χ2n) is 7.20. The molecule has 1 heterocycles. The topological polar surface area (TPSA) is 67.3 Å². The summed E-state index contributed by atoms with van der Waals surface area (Å²) in [5.74, 6) is 0.382. The SMILES string of the molecule is CC(C)N(C(=S)Oc1ccc(C(=O)Nc2ccc3nccnc3c2)cc1)C(C)C. The highest BCUT2D eigenvalue weighted by Gasteiger charge is 2.18. The average Bonchev–Trinajstić information content (AvgIpc) is 2.67. The van der Waals surface area contributed by atoms with Gasteiger partial charge >= 0.3 is 0 Å². The van der Waals surface area contributed by atoms with Crippen molar-refractivity contribution in [3.63, 3.8) is 0 Å². The first kappa shape index (κ1) is 20.7. The number of carbonyl (C=O) groups excluding carboxylic acids is 1. The standard InChI is InChI=1S/C22H24N4O2S/c1-14(2)26(15(3)4)22(29)28-18-8-5-16(6-9-18)21(27)25-17-7-10-19-20(13-17)24-12-11-23-19/h5-15H,1-4H3,(H,25,27). The van der Waals surface area contributed by atoms with Gasteiger partial charge in [0.25, 0.3) is 11.1 Å². The van der Waals surface area contributed by atoms with E-state index in [1.165, 1.54) is 0 Å². The Morgan fingerprint density at radius 2 is 1.59 bits per heavy atom. The number of anilines is 1. The normalized spacial score (nSPS) is 11.0. The number of amides is 1. The number of fused-ring (bicyclic) bond motifs is 1. The summed E-state index contributed by atoms with van der Waals surface area (Å²) < 4.78 is 5.81. The van der Waals surface area contributed by atoms with Crippen LogP contribution in [0.4, 0.5) is 5.69 Å². The molecule has 0 bridgehead atoms. The van der Waals surface area contributed by atoms with Gasteiger partial charge in [0.05, 0.1) is 11.0 Å². The molecule has 3 rings (SSSR count). The first-order chi connectivity index (χ1) is 13.8. The molecule has 0 aliphatic heterocycles. The van der Waals surface area contributed by atoms with Gasteiger partial charge < -0.3 is 15.0 Å². The molecule has 0 saturated carbocycles. The number of aromatic nitrogens is 2. The fraction of sp³-hybridized carbons (Fsp3) is 0.273. The molecule has 6 nitrogen and oxygen atoms in total. The summed E-state index contributed by atoms with van der Waals surface area (Å²) in [4.78, 5) is 23.1. The highest BCUT2D eigenvalue weighted by atomic mass is 32.1. The largest absolute Gasteiger partial charge is 0.432 e. The molecule has 1 amide bonds. The van der Waals surface area contributed by atoms with Crippen molar-refractivity contribution >= 4 is 40.0 Å². The summed E-state index contributed by atoms with van der Waals surface area (Å²) in [6, 6.07) is 12.8. The number of rotatable bonds is 5. The summed E-state index contributed by atoms with van der Waals surface area (Å²) in [6.45, 7) is 8.28. The Labute approximate surface area is 175 Å². The maximum Gasteiger partial charge on any atom is 0.265 e. The minimum absolute atomic E-state index is 0.214. The Bertz CT molecular complexity index is 1010. The van der Waals surface area contributed by atoms with Gasteiger partial charge in [-0.25, -0.2) is 0 Å². The van der Waals surface area contributed by atoms with E-state index in [9.17, 15) is 4.79 Å². The number of nitrogens with zero attached hydrogens (tertiary/aromatic N) is 3. The number of thiocarbonyl (C=S) groups is 1. The van der Waals surface area contributed by atoms with Gasteiger partial charge in [0.1, 0.15) is 5.75 Å². The highest BCUT2D eigenvalue weighted by molar-refractivity contribution is 7.80. The number of nitrogens with one attached hydrogen (secondary N) is 1. The quantitative estimate of drug-likeness (QED) is 0.619. The molecule has 0 radical (unpaired) electrons. The second kappa shape index (κ2) is 8.96. The van der Waals surface area contributed by atoms with Crippen LogP contribution in [0.25, 0.3) is 11.0 Å². The molecule has 7 heteroatoms. The number of ether oxygens (including phenoxy) is 1. The molecule has 0 aliphatic carbocycles. The molecule has 0 aliphatic rings. The highest BCUT2D eigenvalue weighted by Crippen LogP contribution is 2.19. The van der Waals surface area contributed by atoms with Crippen molar-refractivity contribution in [2.75, 3.05) is 5.32 Å². The monoisotopic (exact) mass is 408 g/mol. The lowest BCUT2D eigenvalue weighted by Gasteiger charge is -2.32. The van der Waals surface area contributed by atoms with Crippen LogP contribution < -0.4 is 10.1 Å². The van der Waals surface area contributed by atoms with Gasteiger partial charge in [0.2, 0.25) is 0 Å². The van der Waals surface area contributed by atoms with Gasteiger partial charge in [-0.05, 0) is 82.4 Å². The molecule has 0 unspecified atom stereocenters. The van der Waals surface area contributed by atoms with Gasteiger partial charge in [-0.3, -0.25) is 14.8 Å². The van der Waals surface area contributed by atoms with E-state index >= 15 is 0 Å². The van der Waals surface area contributed by atoms with E-state index < -0.39 is 0 Å². The van der Waals surface area contributed by atoms with Gasteiger partial charge in [0, 0.05) is 35.7 Å². The van der Waals surface area contributed by atoms with E-state index in [0.29, 0.717) is 22.2 Å². The van der Waals surface area contributed by atoms with Crippen molar-refractivity contribution in [2.24, 2.45) is 0 Å². The second-order valence-corrected chi connectivity index (χ2v) is 7.55. The van der Waals surface area contributed by atoms with Crippen LogP contribution in [0, 0.1) is 0 Å². The molecule has 2 aromatic carbocycles. The van der Waals surface area contributed by atoms with E-state index in [-0.39, 0.29) is 18.0 Å². The number of benzene rings is 2. The Kier molecular flexibility index (Phi) is 6.39. The van der Waals surface area contributed by atoms with Crippen LogP contribution in [0.1, 0.15) is 38.1 Å². The molecule has 0 atom stereocenters. The Morgan fingerprint density at radius 1 is 0.966 bits per heavy atom. The van der Waals surface area contributed by atoms with E-state index in [4.69, 9.17) is 17.0 Å². The fourth-order valence-corrected chi connectivity index (χ4v) is 3.61. The summed E-state index contributed by atoms with van der Waals surface area (Å²) in [5.41, 5.74) is 2.68. The predicted molar refractivity (Wildman–Crippen MR) is 119 cm³/mol. The van der Waals surface area contributed by atoms with Crippen LogP contribution in [0.3, 0.4) is 0 Å². The van der Waals surface area contributed by atoms with Crippen LogP contribution in [0.15, 0.2) is 54.9 Å². The maximum absolute atomic E-state index is 12.5. The van der Waals surface area contributed by atoms with Crippen molar-refractivity contribution in [2.45, 2.75) is 39.8 Å². The summed E-state index contributed by atoms with van der Waals surface area (Å²) in [5, 5.41) is 3.30. The number of hydrogen-bond donors (Lipinski definition) is 1. The molecule has 0 fully saturated rings. The molecule has 0 saturated heterocycles. The lowest BCUT2D eigenvalue weighted by molar-refractivity contribution is 0.102. The minimum Gasteiger partial charge on any atom is -0.432 e. The van der Waals surface area contributed by atoms with Crippen molar-refractivity contribution < 1.29 is 9.53 Å². The third-order valence-corrected chi connectivity index (χ3v) is 4.67. The smallest absolute Gasteiger partial charge is 0.265 e. The van der Waals surface area contributed by atoms with Crippen molar-refractivity contribution in [1.29, 1.82) is 0 Å². The van der Waals surface area contributed by atoms with Gasteiger partial charge in [-0.15, -0.1) is 0 Å². The van der Waals surface area contributed by atoms with E-state index in [0.717, 1.165) is 11.0 Å². The van der Waals surface area contributed by atoms with Crippen molar-refractivity contribution in [3.05, 3.63) is 60.4 Å². The Hall–Kier alpha value is -3.06. The van der Waals surface area contributed by atoms with E-state index in [1.807, 2.05) is 11.0 Å². The van der Waals surface area contributed by atoms with Gasteiger partial charge in [-0.2, -0.15) is 0 Å². The molecular weight excluding hydrogens is 384 g/mol. The molecule has 1 aromatic heterocycles. The lowest BCUT2D eigenvalue weighted by atomic mass is 10.2. The third-order valence-electron chi connectivity index (χ3n) is 4.37. The predicted octanol–water partition coefficient (Wildman–Crippen LogP) is 4.66.